The fourth-order valence-electron chi connectivity index (χ4n) is 0. The van der Waals surface area contributed by atoms with Gasteiger partial charge in [-0.25, -0.2) is 0 Å². The minimum atomic E-state index is -1.87. The molecule has 0 unspecified atom stereocenters. The quantitative estimate of drug-likeness (QED) is 0.429. The molecule has 4 heavy (non-hydrogen) atoms. The first-order valence-corrected chi connectivity index (χ1v) is 2.01. The van der Waals surface area contributed by atoms with E-state index in [0.717, 1.165) is 0 Å². The highest BCUT2D eigenvalue weighted by atomic mass is 31.1. The highest BCUT2D eigenvalue weighted by Crippen LogP contribution is 2.17. The lowest BCUT2D eigenvalue weighted by atomic mass is 13.9. The second-order valence-electron chi connectivity index (χ2n) is 0.335. The molecule has 0 amide bonds. The number of hydrogen-bond acceptors (Lipinski definition) is 1. The Balaban J connectivity index is 2.80. The first-order valence-electron chi connectivity index (χ1n) is 0.671. The molecule has 0 aromatic heterocycles. The SMILES string of the molecule is N=[P+]([NH-])[NH-]. The van der Waals surface area contributed by atoms with E-state index in [9.17, 15) is 0 Å². The van der Waals surface area contributed by atoms with Gasteiger partial charge < -0.3 is 11.0 Å². The van der Waals surface area contributed by atoms with Crippen LogP contribution in [-0.4, -0.2) is 0 Å². The summed E-state index contributed by atoms with van der Waals surface area (Å²) in [6, 6.07) is 0. The Kier molecular flexibility index (Phi) is 1.36. The topological polar surface area (TPSA) is 71.5 Å². The molecule has 0 spiro atoms. The molecule has 4 heteroatoms. The minimum absolute atomic E-state index is 1.87. The summed E-state index contributed by atoms with van der Waals surface area (Å²) < 4.78 is 0. The lowest BCUT2D eigenvalue weighted by molar-refractivity contribution is 1.64. The first-order chi connectivity index (χ1) is 1.73. The first kappa shape index (κ1) is 4.02. The predicted octanol–water partition coefficient (Wildman–Crippen LogP) is 2.17. The third-order valence-corrected chi connectivity index (χ3v) is 0. The summed E-state index contributed by atoms with van der Waals surface area (Å²) in [6.45, 7) is 0. The molecular formula is H3N3P-. The zero-order valence-corrected chi connectivity index (χ0v) is 2.84. The Morgan fingerprint density at radius 3 is 1.50 bits per heavy atom. The van der Waals surface area contributed by atoms with Crippen molar-refractivity contribution in [2.24, 2.45) is 0 Å². The van der Waals surface area contributed by atoms with E-state index in [2.05, 4.69) is 0 Å². The van der Waals surface area contributed by atoms with Crippen LogP contribution in [-0.2, 0) is 0 Å². The van der Waals surface area contributed by atoms with E-state index in [-0.39, 0.29) is 0 Å². The molecule has 0 rings (SSSR count). The molecule has 0 aliphatic carbocycles. The van der Waals surface area contributed by atoms with E-state index in [1.165, 1.54) is 0 Å². The molecule has 0 saturated heterocycles. The molecule has 0 aliphatic rings. The third kappa shape index (κ3) is 5250. The van der Waals surface area contributed by atoms with Crippen molar-refractivity contribution in [3.05, 3.63) is 11.0 Å². The normalized spacial score (nSPS) is 6.50. The molecule has 3 N–H and O–H groups in total. The van der Waals surface area contributed by atoms with Gasteiger partial charge in [0.05, 0.1) is 0 Å². The van der Waals surface area contributed by atoms with E-state index in [4.69, 9.17) is 16.2 Å². The van der Waals surface area contributed by atoms with Gasteiger partial charge in [-0.15, -0.1) is 0 Å². The number of nitrogens with one attached hydrogen (secondary N) is 3. The van der Waals surface area contributed by atoms with Crippen LogP contribution in [0.1, 0.15) is 0 Å². The Labute approximate surface area is 25.4 Å². The van der Waals surface area contributed by atoms with Crippen LogP contribution in [0.15, 0.2) is 0 Å². The van der Waals surface area contributed by atoms with E-state index < -0.39 is 8.01 Å². The number of hydrogen-bond donors (Lipinski definition) is 1. The average molecular weight is 76.0 g/mol. The Morgan fingerprint density at radius 1 is 1.50 bits per heavy atom. The molecule has 0 heterocycles. The van der Waals surface area contributed by atoms with Crippen molar-refractivity contribution in [1.82, 2.24) is 0 Å². The Bertz CT molecular complexity index is 26.3. The van der Waals surface area contributed by atoms with Gasteiger partial charge in [0, 0.05) is 8.01 Å². The molecule has 0 aliphatic heterocycles. The monoisotopic (exact) mass is 76.0 g/mol. The maximum absolute atomic E-state index is 5.98. The van der Waals surface area contributed by atoms with Crippen molar-refractivity contribution >= 4 is 8.01 Å². The maximum atomic E-state index is 5.98. The van der Waals surface area contributed by atoms with Crippen LogP contribution in [0.3, 0.4) is 0 Å². The summed E-state index contributed by atoms with van der Waals surface area (Å²) >= 11 is 0. The van der Waals surface area contributed by atoms with Gasteiger partial charge in [0.2, 0.25) is 0 Å². The van der Waals surface area contributed by atoms with Gasteiger partial charge >= 0.3 is 0 Å². The maximum Gasteiger partial charge on any atom is 0.0279 e. The van der Waals surface area contributed by atoms with E-state index >= 15 is 0 Å². The van der Waals surface area contributed by atoms with Crippen LogP contribution in [0.5, 0.6) is 0 Å². The van der Waals surface area contributed by atoms with Crippen molar-refractivity contribution in [1.29, 1.82) is 5.16 Å². The highest BCUT2D eigenvalue weighted by molar-refractivity contribution is 7.49. The van der Waals surface area contributed by atoms with Crippen LogP contribution in [0, 0.1) is 5.16 Å². The average Bonchev–Trinajstić information content (AvgIpc) is 0.811. The van der Waals surface area contributed by atoms with Gasteiger partial charge in [0.25, 0.3) is 0 Å². The summed E-state index contributed by atoms with van der Waals surface area (Å²) in [4.78, 5) is 0. The lowest BCUT2D eigenvalue weighted by Crippen LogP contribution is -1.06. The largest absolute Gasteiger partial charge is 0.448 e. The van der Waals surface area contributed by atoms with E-state index in [1.807, 2.05) is 0 Å². The molecule has 0 atom stereocenters. The third-order valence-electron chi connectivity index (χ3n) is 0. The second-order valence-corrected chi connectivity index (χ2v) is 1.01. The van der Waals surface area contributed by atoms with Crippen LogP contribution in [0.25, 0.3) is 11.0 Å². The molecule has 3 nitrogen and oxygen atoms in total. The zero-order chi connectivity index (χ0) is 3.58. The fraction of sp³-hybridized carbons (Fsp3) is 0. The molecule has 0 fully saturated rings. The van der Waals surface area contributed by atoms with Crippen LogP contribution in [0.2, 0.25) is 0 Å². The zero-order valence-electron chi connectivity index (χ0n) is 1.95. The molecule has 0 aromatic carbocycles. The summed E-state index contributed by atoms with van der Waals surface area (Å²) in [5.74, 6) is 0. The van der Waals surface area contributed by atoms with Crippen LogP contribution in [0.4, 0.5) is 0 Å². The molecular weight excluding hydrogens is 73.0 g/mol. The number of rotatable bonds is 0. The van der Waals surface area contributed by atoms with E-state index in [0.29, 0.717) is 0 Å². The van der Waals surface area contributed by atoms with Gasteiger partial charge in [-0.05, 0) is 0 Å². The fourth-order valence-corrected chi connectivity index (χ4v) is 0. The van der Waals surface area contributed by atoms with Crippen molar-refractivity contribution in [2.75, 3.05) is 0 Å². The second kappa shape index (κ2) is 1.35. The Morgan fingerprint density at radius 2 is 1.50 bits per heavy atom. The van der Waals surface area contributed by atoms with Crippen molar-refractivity contribution in [2.45, 2.75) is 0 Å². The molecule has 0 aromatic rings. The Hall–Kier alpha value is 0.0200. The van der Waals surface area contributed by atoms with Gasteiger partial charge in [0.15, 0.2) is 0 Å². The minimum Gasteiger partial charge on any atom is -0.448 e. The summed E-state index contributed by atoms with van der Waals surface area (Å²) in [5, 5.41) is 5.98. The van der Waals surface area contributed by atoms with Gasteiger partial charge in [0.1, 0.15) is 0 Å². The predicted molar refractivity (Wildman–Crippen MR) is 18.3 cm³/mol. The van der Waals surface area contributed by atoms with Gasteiger partial charge in [-0.2, -0.15) is 5.16 Å². The van der Waals surface area contributed by atoms with Crippen molar-refractivity contribution in [3.8, 4) is 0 Å². The van der Waals surface area contributed by atoms with Crippen LogP contribution < -0.4 is 0 Å². The van der Waals surface area contributed by atoms with Crippen molar-refractivity contribution in [3.63, 3.8) is 0 Å². The molecule has 24 valence electrons. The molecule has 0 saturated carbocycles. The highest BCUT2D eigenvalue weighted by Gasteiger charge is 1.42. The molecule has 0 radical (unpaired) electrons. The van der Waals surface area contributed by atoms with Gasteiger partial charge in [-0.3, -0.25) is 0 Å². The van der Waals surface area contributed by atoms with Crippen LogP contribution >= 0.6 is 8.01 Å². The summed E-state index contributed by atoms with van der Waals surface area (Å²) in [7, 11) is -1.87. The van der Waals surface area contributed by atoms with E-state index in [1.54, 1.807) is 0 Å². The molecule has 0 bridgehead atoms. The van der Waals surface area contributed by atoms with Crippen molar-refractivity contribution < 1.29 is 0 Å². The summed E-state index contributed by atoms with van der Waals surface area (Å²) in [6.07, 6.45) is 0. The summed E-state index contributed by atoms with van der Waals surface area (Å²) in [5.41, 5.74) is 12.0. The smallest absolute Gasteiger partial charge is 0.0279 e. The van der Waals surface area contributed by atoms with Gasteiger partial charge in [-0.1, -0.05) is 0 Å². The lowest BCUT2D eigenvalue weighted by Gasteiger charge is -1.78. The standard InChI is InChI=1S/H3N3P/c1-4(2)3/h(H3-,1,2,3)/q-1.